The molecule has 2 aromatic rings. The van der Waals surface area contributed by atoms with E-state index in [1.165, 1.54) is 13.8 Å². The highest BCUT2D eigenvalue weighted by atomic mass is 32.1. The van der Waals surface area contributed by atoms with Crippen molar-refractivity contribution in [2.75, 3.05) is 0 Å². The van der Waals surface area contributed by atoms with E-state index >= 15 is 0 Å². The lowest BCUT2D eigenvalue weighted by Gasteiger charge is -2.28. The van der Waals surface area contributed by atoms with Crippen molar-refractivity contribution in [2.24, 2.45) is 10.9 Å². The molecule has 0 fully saturated rings. The second-order valence-electron chi connectivity index (χ2n) is 15.1. The first kappa shape index (κ1) is 36.2. The molecule has 41 heavy (non-hydrogen) atoms. The number of benzene rings is 2. The zero-order valence-corrected chi connectivity index (χ0v) is 28.5. The predicted octanol–water partition coefficient (Wildman–Crippen LogP) is 9.05. The van der Waals surface area contributed by atoms with Crippen LogP contribution in [0.15, 0.2) is 29.3 Å². The smallest absolute Gasteiger partial charge is 0.140 e. The number of hydrogen-bond donors (Lipinski definition) is 2. The summed E-state index contributed by atoms with van der Waals surface area (Å²) in [5.74, 6) is -0.158. The third kappa shape index (κ3) is 9.90. The van der Waals surface area contributed by atoms with E-state index in [1.807, 2.05) is 65.8 Å². The Labute approximate surface area is 253 Å². The minimum Gasteiger partial charge on any atom is -0.507 e. The Kier molecular flexibility index (Phi) is 11.5. The molecule has 0 aromatic heterocycles. The van der Waals surface area contributed by atoms with Gasteiger partial charge in [-0.25, -0.2) is 0 Å². The molecule has 2 aromatic carbocycles. The van der Waals surface area contributed by atoms with E-state index in [9.17, 15) is 19.8 Å². The SMILES string of the molecule is CC(=O)C(Cc1cc(C(C)(C)C)c(O)c(C(C)(C)C)c1)C(C)=O.CC(C)(C)c1cc(N=C=S)cc(C(C)(C)C)c1O. The number of nitrogens with zero attached hydrogens (tertiary/aromatic N) is 1. The van der Waals surface area contributed by atoms with Crippen LogP contribution in [0.2, 0.25) is 0 Å². The Morgan fingerprint density at radius 2 is 0.976 bits per heavy atom. The van der Waals surface area contributed by atoms with Crippen LogP contribution in [0.1, 0.15) is 125 Å². The van der Waals surface area contributed by atoms with Crippen LogP contribution >= 0.6 is 12.2 Å². The van der Waals surface area contributed by atoms with Gasteiger partial charge in [-0.05, 0) is 83.0 Å². The highest BCUT2D eigenvalue weighted by molar-refractivity contribution is 7.78. The summed E-state index contributed by atoms with van der Waals surface area (Å²) in [6.07, 6.45) is 0.386. The number of phenols is 2. The molecule has 0 bridgehead atoms. The van der Waals surface area contributed by atoms with Crippen LogP contribution in [0.3, 0.4) is 0 Å². The molecule has 2 rings (SSSR count). The maximum Gasteiger partial charge on any atom is 0.140 e. The van der Waals surface area contributed by atoms with Gasteiger partial charge in [-0.1, -0.05) is 95.2 Å². The van der Waals surface area contributed by atoms with Crippen LogP contribution in [0.25, 0.3) is 0 Å². The largest absolute Gasteiger partial charge is 0.507 e. The number of thiocarbonyl (C=S) groups is 1. The summed E-state index contributed by atoms with van der Waals surface area (Å²) >= 11 is 4.66. The number of isothiocyanates is 1. The van der Waals surface area contributed by atoms with Gasteiger partial charge >= 0.3 is 0 Å². The van der Waals surface area contributed by atoms with Gasteiger partial charge in [-0.15, -0.1) is 0 Å². The second kappa shape index (κ2) is 13.0. The summed E-state index contributed by atoms with van der Waals surface area (Å²) in [4.78, 5) is 27.6. The van der Waals surface area contributed by atoms with Gasteiger partial charge in [0.25, 0.3) is 0 Å². The van der Waals surface area contributed by atoms with E-state index in [2.05, 4.69) is 63.9 Å². The third-order valence-electron chi connectivity index (χ3n) is 7.09. The zero-order chi connectivity index (χ0) is 32.3. The molecular weight excluding hydrogens is 530 g/mol. The van der Waals surface area contributed by atoms with Gasteiger partial charge in [0.2, 0.25) is 0 Å². The number of rotatable bonds is 5. The van der Waals surface area contributed by atoms with Gasteiger partial charge in [0.1, 0.15) is 23.1 Å². The van der Waals surface area contributed by atoms with Gasteiger partial charge in [-0.2, -0.15) is 4.99 Å². The Balaban J connectivity index is 0.000000422. The molecule has 0 aliphatic heterocycles. The highest BCUT2D eigenvalue weighted by Crippen LogP contribution is 2.42. The first-order valence-corrected chi connectivity index (χ1v) is 14.6. The third-order valence-corrected chi connectivity index (χ3v) is 7.18. The molecule has 0 amide bonds. The monoisotopic (exact) mass is 581 g/mol. The molecule has 0 radical (unpaired) electrons. The van der Waals surface area contributed by atoms with E-state index in [0.717, 1.165) is 33.5 Å². The summed E-state index contributed by atoms with van der Waals surface area (Å²) in [5.41, 5.74) is 4.43. The van der Waals surface area contributed by atoms with Gasteiger partial charge in [0.15, 0.2) is 0 Å². The first-order valence-electron chi connectivity index (χ1n) is 14.2. The normalized spacial score (nSPS) is 12.4. The van der Waals surface area contributed by atoms with Gasteiger partial charge in [0.05, 0.1) is 16.8 Å². The number of aliphatic imine (C=N–C) groups is 1. The van der Waals surface area contributed by atoms with E-state index in [1.54, 1.807) is 0 Å². The molecule has 0 unspecified atom stereocenters. The van der Waals surface area contributed by atoms with E-state index < -0.39 is 5.92 Å². The molecule has 0 saturated heterocycles. The average Bonchev–Trinajstić information content (AvgIpc) is 2.76. The van der Waals surface area contributed by atoms with Crippen LogP contribution in [0.4, 0.5) is 5.69 Å². The van der Waals surface area contributed by atoms with Crippen molar-refractivity contribution in [3.63, 3.8) is 0 Å². The predicted molar refractivity (Wildman–Crippen MR) is 174 cm³/mol. The fraction of sp³-hybridized carbons (Fsp3) is 0.571. The van der Waals surface area contributed by atoms with Crippen LogP contribution in [0, 0.1) is 5.92 Å². The molecule has 0 atom stereocenters. The number of carbonyl (C=O) groups excluding carboxylic acids is 2. The lowest BCUT2D eigenvalue weighted by molar-refractivity contribution is -0.130. The Morgan fingerprint density at radius 3 is 1.22 bits per heavy atom. The summed E-state index contributed by atoms with van der Waals surface area (Å²) in [5, 5.41) is 23.6. The molecule has 0 saturated carbocycles. The van der Waals surface area contributed by atoms with Crippen molar-refractivity contribution in [3.05, 3.63) is 52.1 Å². The van der Waals surface area contributed by atoms with Gasteiger partial charge in [0, 0.05) is 11.1 Å². The van der Waals surface area contributed by atoms with Gasteiger partial charge < -0.3 is 10.2 Å². The summed E-state index contributed by atoms with van der Waals surface area (Å²) in [7, 11) is 0. The van der Waals surface area contributed by atoms with Crippen LogP contribution in [0.5, 0.6) is 11.5 Å². The van der Waals surface area contributed by atoms with Crippen molar-refractivity contribution in [3.8, 4) is 11.5 Å². The van der Waals surface area contributed by atoms with Crippen molar-refractivity contribution in [1.29, 1.82) is 0 Å². The molecule has 5 nitrogen and oxygen atoms in total. The number of ketones is 2. The summed E-state index contributed by atoms with van der Waals surface area (Å²) < 4.78 is 0. The summed E-state index contributed by atoms with van der Waals surface area (Å²) in [6, 6.07) is 7.63. The van der Waals surface area contributed by atoms with E-state index in [0.29, 0.717) is 17.9 Å². The first-order chi connectivity index (χ1) is 18.3. The van der Waals surface area contributed by atoms with E-state index in [4.69, 9.17) is 0 Å². The molecule has 2 N–H and O–H groups in total. The minimum absolute atomic E-state index is 0.111. The highest BCUT2D eigenvalue weighted by Gasteiger charge is 2.29. The molecule has 0 heterocycles. The maximum atomic E-state index is 11.8. The zero-order valence-electron chi connectivity index (χ0n) is 27.7. The lowest BCUT2D eigenvalue weighted by atomic mass is 9.77. The average molecular weight is 582 g/mol. The fourth-order valence-electron chi connectivity index (χ4n) is 4.64. The minimum atomic E-state index is -0.611. The number of carbonyl (C=O) groups is 2. The summed E-state index contributed by atoms with van der Waals surface area (Å²) in [6.45, 7) is 27.6. The van der Waals surface area contributed by atoms with Crippen molar-refractivity contribution in [1.82, 2.24) is 0 Å². The Bertz CT molecular complexity index is 1240. The van der Waals surface area contributed by atoms with Crippen molar-refractivity contribution >= 4 is 34.6 Å². The topological polar surface area (TPSA) is 87.0 Å². The number of Topliss-reactive ketones (excluding diaryl/α,β-unsaturated/α-hetero) is 2. The Hall–Kier alpha value is -2.82. The molecular formula is C35H51NO4S. The molecule has 6 heteroatoms. The molecule has 226 valence electrons. The molecule has 0 spiro atoms. The molecule has 0 aliphatic carbocycles. The fourth-order valence-corrected chi connectivity index (χ4v) is 4.75. The lowest BCUT2D eigenvalue weighted by Crippen LogP contribution is -2.23. The quantitative estimate of drug-likeness (QED) is 0.209. The second-order valence-corrected chi connectivity index (χ2v) is 15.3. The maximum absolute atomic E-state index is 11.8. The van der Waals surface area contributed by atoms with Crippen LogP contribution in [-0.2, 0) is 37.7 Å². The van der Waals surface area contributed by atoms with Crippen LogP contribution in [-0.4, -0.2) is 26.9 Å². The standard InChI is InChI=1S/C20H30O3.C15H21NOS/c1-12(21)15(13(2)22)9-14-10-16(19(3,4)5)18(23)17(11-14)20(6,7)8;1-14(2,3)11-7-10(16-9-18)8-12(13(11)17)15(4,5)6/h10-11,15,23H,9H2,1-8H3;7-8,17H,1-6H3. The van der Waals surface area contributed by atoms with E-state index in [-0.39, 0.29) is 33.2 Å². The number of hydrogen-bond acceptors (Lipinski definition) is 6. The number of aromatic hydroxyl groups is 2. The number of phenolic OH excluding ortho intramolecular Hbond substituents is 2. The van der Waals surface area contributed by atoms with Crippen molar-refractivity contribution in [2.45, 2.75) is 125 Å². The molecule has 0 aliphatic rings. The van der Waals surface area contributed by atoms with Crippen molar-refractivity contribution < 1.29 is 19.8 Å². The Morgan fingerprint density at radius 1 is 0.683 bits per heavy atom. The van der Waals surface area contributed by atoms with Crippen LogP contribution < -0.4 is 0 Å². The van der Waals surface area contributed by atoms with Gasteiger partial charge in [-0.3, -0.25) is 9.59 Å².